The van der Waals surface area contributed by atoms with Gasteiger partial charge in [-0.15, -0.1) is 0 Å². The van der Waals surface area contributed by atoms with Crippen molar-refractivity contribution in [3.05, 3.63) is 70.8 Å². The molecular formula is C37H55N3O6S. The first-order chi connectivity index (χ1) is 21.9. The highest BCUT2D eigenvalue weighted by Crippen LogP contribution is 2.27. The third kappa shape index (κ3) is 14.0. The molecule has 47 heavy (non-hydrogen) atoms. The smallest absolute Gasteiger partial charge is 0.408 e. The number of ether oxygens (including phenoxy) is 2. The minimum absolute atomic E-state index is 0.209. The molecule has 0 aromatic heterocycles. The Bertz CT molecular complexity index is 1320. The van der Waals surface area contributed by atoms with Gasteiger partial charge in [-0.1, -0.05) is 73.0 Å². The van der Waals surface area contributed by atoms with Crippen molar-refractivity contribution in [3.63, 3.8) is 0 Å². The zero-order valence-corrected chi connectivity index (χ0v) is 30.7. The zero-order chi connectivity index (χ0) is 35.4. The minimum atomic E-state index is -1.08. The number of nitrogens with zero attached hydrogens (tertiary/aromatic N) is 1. The Hall–Kier alpha value is -3.53. The largest absolute Gasteiger partial charge is 0.458 e. The molecule has 3 unspecified atom stereocenters. The maximum absolute atomic E-state index is 14.6. The van der Waals surface area contributed by atoms with E-state index in [9.17, 15) is 19.2 Å². The van der Waals surface area contributed by atoms with Gasteiger partial charge >= 0.3 is 12.1 Å². The van der Waals surface area contributed by atoms with Crippen LogP contribution in [0.1, 0.15) is 96.0 Å². The lowest BCUT2D eigenvalue weighted by molar-refractivity contribution is -0.159. The summed E-state index contributed by atoms with van der Waals surface area (Å²) >= 11 is 1.56. The van der Waals surface area contributed by atoms with E-state index in [-0.39, 0.29) is 13.0 Å². The fourth-order valence-corrected chi connectivity index (χ4v) is 5.62. The van der Waals surface area contributed by atoms with Gasteiger partial charge in [0, 0.05) is 13.0 Å². The van der Waals surface area contributed by atoms with Crippen LogP contribution in [0.5, 0.6) is 0 Å². The molecule has 10 heteroatoms. The van der Waals surface area contributed by atoms with E-state index in [1.807, 2.05) is 75.6 Å². The molecule has 0 heterocycles. The van der Waals surface area contributed by atoms with E-state index in [0.29, 0.717) is 24.2 Å². The molecule has 2 aromatic carbocycles. The average Bonchev–Trinajstić information content (AvgIpc) is 2.94. The maximum atomic E-state index is 14.6. The molecule has 0 aliphatic heterocycles. The van der Waals surface area contributed by atoms with Gasteiger partial charge in [-0.3, -0.25) is 9.59 Å². The number of rotatable bonds is 15. The second-order valence-electron chi connectivity index (χ2n) is 14.0. The highest BCUT2D eigenvalue weighted by Gasteiger charge is 2.38. The molecule has 0 saturated carbocycles. The number of carbonyl (C=O) groups is 4. The lowest BCUT2D eigenvalue weighted by Crippen LogP contribution is -2.55. The van der Waals surface area contributed by atoms with Gasteiger partial charge in [-0.2, -0.15) is 11.8 Å². The Morgan fingerprint density at radius 2 is 1.45 bits per heavy atom. The Morgan fingerprint density at radius 3 is 1.98 bits per heavy atom. The molecule has 9 nitrogen and oxygen atoms in total. The first-order valence-corrected chi connectivity index (χ1v) is 17.8. The van der Waals surface area contributed by atoms with Crippen molar-refractivity contribution in [3.8, 4) is 0 Å². The van der Waals surface area contributed by atoms with Crippen molar-refractivity contribution in [2.24, 2.45) is 0 Å². The second-order valence-corrected chi connectivity index (χ2v) is 15.0. The van der Waals surface area contributed by atoms with Crippen molar-refractivity contribution >= 4 is 35.6 Å². The molecule has 0 bridgehead atoms. The first kappa shape index (κ1) is 39.6. The van der Waals surface area contributed by atoms with Crippen LogP contribution in [0.3, 0.4) is 0 Å². The van der Waals surface area contributed by atoms with Crippen molar-refractivity contribution < 1.29 is 28.7 Å². The number of carbonyl (C=O) groups excluding carboxylic acids is 4. The number of hydrogen-bond acceptors (Lipinski definition) is 7. The van der Waals surface area contributed by atoms with Crippen LogP contribution in [0, 0.1) is 13.8 Å². The standard InChI is InChI=1S/C37H55N3O6S/c1-11-12-19-40(33(42)29(18-20-47-10)39-35(44)46-37(7,8)9)31(28-22-25(2)21-26(3)23-28)32(41)38-30(34(43)45-36(4,5)6)24-27-16-14-13-15-17-27/h13-17,21-23,29-31H,11-12,18-20,24H2,1-10H3,(H,38,41)(H,39,44). The number of esters is 1. The van der Waals surface area contributed by atoms with E-state index in [1.165, 1.54) is 0 Å². The molecule has 0 saturated heterocycles. The van der Waals surface area contributed by atoms with Crippen LogP contribution < -0.4 is 10.6 Å². The normalized spacial score (nSPS) is 13.6. The molecule has 3 atom stereocenters. The number of hydrogen-bond donors (Lipinski definition) is 2. The zero-order valence-electron chi connectivity index (χ0n) is 29.9. The summed E-state index contributed by atoms with van der Waals surface area (Å²) in [4.78, 5) is 57.1. The van der Waals surface area contributed by atoms with Gasteiger partial charge in [0.1, 0.15) is 29.3 Å². The molecule has 2 N–H and O–H groups in total. The molecular weight excluding hydrogens is 614 g/mol. The molecule has 3 amide bonds. The van der Waals surface area contributed by atoms with Crippen LogP contribution in [0.4, 0.5) is 4.79 Å². The fraction of sp³-hybridized carbons (Fsp3) is 0.568. The van der Waals surface area contributed by atoms with Gasteiger partial charge in [0.05, 0.1) is 0 Å². The number of aryl methyl sites for hydroxylation is 2. The quantitative estimate of drug-likeness (QED) is 0.203. The molecule has 0 spiro atoms. The minimum Gasteiger partial charge on any atom is -0.458 e. The maximum Gasteiger partial charge on any atom is 0.408 e. The average molecular weight is 670 g/mol. The van der Waals surface area contributed by atoms with E-state index < -0.39 is 53.2 Å². The van der Waals surface area contributed by atoms with Gasteiger partial charge in [0.15, 0.2) is 0 Å². The lowest BCUT2D eigenvalue weighted by atomic mass is 9.97. The van der Waals surface area contributed by atoms with Crippen LogP contribution in [-0.2, 0) is 30.3 Å². The topological polar surface area (TPSA) is 114 Å². The molecule has 0 aliphatic rings. The summed E-state index contributed by atoms with van der Waals surface area (Å²) in [5.74, 6) is -0.863. The fourth-order valence-electron chi connectivity index (χ4n) is 5.15. The van der Waals surface area contributed by atoms with Gasteiger partial charge in [-0.25, -0.2) is 9.59 Å². The third-order valence-electron chi connectivity index (χ3n) is 7.05. The van der Waals surface area contributed by atoms with E-state index in [2.05, 4.69) is 10.6 Å². The Kier molecular flexibility index (Phi) is 15.3. The van der Waals surface area contributed by atoms with Gasteiger partial charge in [-0.05, 0) is 91.4 Å². The number of unbranched alkanes of at least 4 members (excludes halogenated alkanes) is 1. The van der Waals surface area contributed by atoms with Crippen LogP contribution in [0.15, 0.2) is 48.5 Å². The Labute approximate surface area is 285 Å². The van der Waals surface area contributed by atoms with E-state index >= 15 is 0 Å². The second kappa shape index (κ2) is 18.1. The number of benzene rings is 2. The molecule has 2 aromatic rings. The first-order valence-electron chi connectivity index (χ1n) is 16.4. The summed E-state index contributed by atoms with van der Waals surface area (Å²) in [6.07, 6.45) is 3.18. The molecule has 260 valence electrons. The summed E-state index contributed by atoms with van der Waals surface area (Å²) in [5, 5.41) is 5.75. The third-order valence-corrected chi connectivity index (χ3v) is 7.69. The lowest BCUT2D eigenvalue weighted by Gasteiger charge is -2.35. The monoisotopic (exact) mass is 669 g/mol. The van der Waals surface area contributed by atoms with E-state index in [4.69, 9.17) is 9.47 Å². The molecule has 0 radical (unpaired) electrons. The molecule has 0 fully saturated rings. The van der Waals surface area contributed by atoms with Crippen LogP contribution in [-0.4, -0.2) is 70.6 Å². The number of thioether (sulfide) groups is 1. The number of nitrogens with one attached hydrogen (secondary N) is 2. The predicted molar refractivity (Wildman–Crippen MR) is 189 cm³/mol. The summed E-state index contributed by atoms with van der Waals surface area (Å²) in [5.41, 5.74) is 1.80. The predicted octanol–water partition coefficient (Wildman–Crippen LogP) is 6.69. The highest BCUT2D eigenvalue weighted by atomic mass is 32.2. The number of alkyl carbamates (subject to hydrolysis) is 1. The highest BCUT2D eigenvalue weighted by molar-refractivity contribution is 7.98. The van der Waals surface area contributed by atoms with Crippen molar-refractivity contribution in [1.82, 2.24) is 15.5 Å². The van der Waals surface area contributed by atoms with Crippen LogP contribution in [0.25, 0.3) is 0 Å². The SMILES string of the molecule is CCCCN(C(=O)C(CCSC)NC(=O)OC(C)(C)C)C(C(=O)NC(Cc1ccccc1)C(=O)OC(C)(C)C)c1cc(C)cc(C)c1. The number of amides is 3. The van der Waals surface area contributed by atoms with Gasteiger partial charge in [0.25, 0.3) is 0 Å². The summed E-state index contributed by atoms with van der Waals surface area (Å²) in [7, 11) is 0. The van der Waals surface area contributed by atoms with Crippen molar-refractivity contribution in [2.45, 2.75) is 117 Å². The van der Waals surface area contributed by atoms with E-state index in [0.717, 1.165) is 23.1 Å². The Balaban J connectivity index is 2.64. The van der Waals surface area contributed by atoms with Crippen LogP contribution >= 0.6 is 11.8 Å². The van der Waals surface area contributed by atoms with Crippen molar-refractivity contribution in [1.29, 1.82) is 0 Å². The van der Waals surface area contributed by atoms with Crippen LogP contribution in [0.2, 0.25) is 0 Å². The van der Waals surface area contributed by atoms with E-state index in [1.54, 1.807) is 58.2 Å². The van der Waals surface area contributed by atoms with Gasteiger partial charge in [0.2, 0.25) is 11.8 Å². The van der Waals surface area contributed by atoms with Gasteiger partial charge < -0.3 is 25.0 Å². The Morgan fingerprint density at radius 1 is 0.851 bits per heavy atom. The summed E-state index contributed by atoms with van der Waals surface area (Å²) < 4.78 is 11.2. The molecule has 0 aliphatic carbocycles. The summed E-state index contributed by atoms with van der Waals surface area (Å²) in [6.45, 7) is 16.8. The van der Waals surface area contributed by atoms with Crippen molar-refractivity contribution in [2.75, 3.05) is 18.6 Å². The summed E-state index contributed by atoms with van der Waals surface area (Å²) in [6, 6.07) is 12.2. The molecule has 2 rings (SSSR count).